The van der Waals surface area contributed by atoms with E-state index < -0.39 is 0 Å². The summed E-state index contributed by atoms with van der Waals surface area (Å²) in [5, 5.41) is 6.16. The van der Waals surface area contributed by atoms with Crippen LogP contribution in [0, 0.1) is 0 Å². The first-order valence-corrected chi connectivity index (χ1v) is 7.15. The molecule has 1 aromatic rings. The summed E-state index contributed by atoms with van der Waals surface area (Å²) in [6.07, 6.45) is 9.07. The molecular weight excluding hydrogens is 276 g/mol. The summed E-state index contributed by atoms with van der Waals surface area (Å²) in [6, 6.07) is 0.00786. The Hall–Kier alpha value is -1.20. The van der Waals surface area contributed by atoms with E-state index >= 15 is 0 Å². The average molecular weight is 297 g/mol. The summed E-state index contributed by atoms with van der Waals surface area (Å²) in [5.41, 5.74) is 1.09. The zero-order chi connectivity index (χ0) is 13.1. The van der Waals surface area contributed by atoms with Crippen molar-refractivity contribution in [2.75, 3.05) is 13.1 Å². The van der Waals surface area contributed by atoms with Crippen molar-refractivity contribution in [3.05, 3.63) is 23.8 Å². The minimum atomic E-state index is 0. The van der Waals surface area contributed by atoms with Crippen LogP contribution in [-0.4, -0.2) is 35.0 Å². The zero-order valence-electron chi connectivity index (χ0n) is 11.5. The van der Waals surface area contributed by atoms with Crippen molar-refractivity contribution in [2.45, 2.75) is 44.1 Å². The monoisotopic (exact) mass is 296 g/mol. The lowest BCUT2D eigenvalue weighted by Crippen LogP contribution is -2.41. The Morgan fingerprint density at radius 2 is 2.05 bits per heavy atom. The van der Waals surface area contributed by atoms with Crippen LogP contribution in [0.25, 0.3) is 0 Å². The van der Waals surface area contributed by atoms with Gasteiger partial charge < -0.3 is 10.6 Å². The molecule has 1 unspecified atom stereocenters. The third-order valence-corrected chi connectivity index (χ3v) is 3.76. The Kier molecular flexibility index (Phi) is 5.31. The van der Waals surface area contributed by atoms with Gasteiger partial charge in [-0.3, -0.25) is 4.79 Å². The first kappa shape index (κ1) is 15.2. The fraction of sp³-hybridized carbons (Fsp3) is 0.643. The largest absolute Gasteiger partial charge is 0.354 e. The van der Waals surface area contributed by atoms with Crippen LogP contribution in [0.2, 0.25) is 0 Å². The van der Waals surface area contributed by atoms with E-state index in [1.54, 1.807) is 0 Å². The van der Waals surface area contributed by atoms with E-state index in [1.807, 2.05) is 12.4 Å². The molecule has 2 aliphatic rings. The van der Waals surface area contributed by atoms with Crippen LogP contribution in [0.3, 0.4) is 0 Å². The van der Waals surface area contributed by atoms with Gasteiger partial charge in [-0.1, -0.05) is 0 Å². The molecule has 1 amide bonds. The average Bonchev–Trinajstić information content (AvgIpc) is 3.14. The molecular formula is C14H21ClN4O. The molecule has 20 heavy (non-hydrogen) atoms. The van der Waals surface area contributed by atoms with Crippen LogP contribution in [-0.2, 0) is 11.2 Å². The van der Waals surface area contributed by atoms with E-state index in [1.165, 1.54) is 12.8 Å². The van der Waals surface area contributed by atoms with Gasteiger partial charge in [-0.15, -0.1) is 12.4 Å². The molecule has 1 aliphatic carbocycles. The van der Waals surface area contributed by atoms with E-state index in [9.17, 15) is 4.79 Å². The molecule has 0 spiro atoms. The number of nitrogens with zero attached hydrogens (tertiary/aromatic N) is 2. The number of aromatic nitrogens is 2. The van der Waals surface area contributed by atoms with Gasteiger partial charge in [-0.2, -0.15) is 0 Å². The predicted molar refractivity (Wildman–Crippen MR) is 79.0 cm³/mol. The van der Waals surface area contributed by atoms with Crippen molar-refractivity contribution in [1.82, 2.24) is 20.6 Å². The van der Waals surface area contributed by atoms with Gasteiger partial charge in [-0.25, -0.2) is 9.97 Å². The second kappa shape index (κ2) is 6.99. The van der Waals surface area contributed by atoms with Crippen LogP contribution in [0.4, 0.5) is 0 Å². The van der Waals surface area contributed by atoms with Crippen LogP contribution >= 0.6 is 12.4 Å². The highest BCUT2D eigenvalue weighted by molar-refractivity contribution is 5.85. The Morgan fingerprint density at radius 1 is 1.30 bits per heavy atom. The quantitative estimate of drug-likeness (QED) is 0.856. The number of carbonyl (C=O) groups excluding carboxylic acids is 1. The molecule has 0 aromatic carbocycles. The summed E-state index contributed by atoms with van der Waals surface area (Å²) >= 11 is 0. The smallest absolute Gasteiger partial charge is 0.237 e. The minimum absolute atomic E-state index is 0. The highest BCUT2D eigenvalue weighted by Gasteiger charge is 2.26. The summed E-state index contributed by atoms with van der Waals surface area (Å²) in [6.45, 7) is 1.61. The number of hydrogen-bond acceptors (Lipinski definition) is 4. The van der Waals surface area contributed by atoms with Gasteiger partial charge in [0.2, 0.25) is 5.91 Å². The van der Waals surface area contributed by atoms with Crippen molar-refractivity contribution in [3.63, 3.8) is 0 Å². The van der Waals surface area contributed by atoms with Crippen molar-refractivity contribution in [1.29, 1.82) is 0 Å². The summed E-state index contributed by atoms with van der Waals surface area (Å²) in [4.78, 5) is 20.5. The molecule has 1 aliphatic heterocycles. The van der Waals surface area contributed by atoms with Crippen LogP contribution in [0.15, 0.2) is 12.4 Å². The normalized spacial score (nSPS) is 21.3. The SMILES string of the molecule is Cl.O=C(NCCc1cnc(C2CC2)nc1)C1CCCN1. The van der Waals surface area contributed by atoms with Gasteiger partial charge in [0, 0.05) is 24.9 Å². The van der Waals surface area contributed by atoms with E-state index in [2.05, 4.69) is 20.6 Å². The van der Waals surface area contributed by atoms with Gasteiger partial charge in [0.1, 0.15) is 5.82 Å². The number of carbonyl (C=O) groups is 1. The van der Waals surface area contributed by atoms with Gasteiger partial charge in [-0.05, 0) is 44.2 Å². The van der Waals surface area contributed by atoms with E-state index in [0.29, 0.717) is 12.5 Å². The van der Waals surface area contributed by atoms with Crippen LogP contribution in [0.1, 0.15) is 43.0 Å². The molecule has 1 aromatic heterocycles. The fourth-order valence-electron chi connectivity index (χ4n) is 2.41. The number of nitrogens with one attached hydrogen (secondary N) is 2. The number of amides is 1. The Balaban J connectivity index is 0.00000147. The summed E-state index contributed by atoms with van der Waals surface area (Å²) in [5.74, 6) is 1.69. The molecule has 2 N–H and O–H groups in total. The lowest BCUT2D eigenvalue weighted by atomic mass is 10.2. The van der Waals surface area contributed by atoms with Crippen molar-refractivity contribution in [2.24, 2.45) is 0 Å². The van der Waals surface area contributed by atoms with Crippen molar-refractivity contribution >= 4 is 18.3 Å². The standard InChI is InChI=1S/C14H20N4O.ClH/c19-14(12-2-1-6-15-12)16-7-5-10-8-17-13(18-9-10)11-3-4-11;/h8-9,11-12,15H,1-7H2,(H,16,19);1H. The maximum Gasteiger partial charge on any atom is 0.237 e. The number of hydrogen-bond donors (Lipinski definition) is 2. The molecule has 2 fully saturated rings. The molecule has 1 atom stereocenters. The minimum Gasteiger partial charge on any atom is -0.354 e. The van der Waals surface area contributed by atoms with Crippen LogP contribution < -0.4 is 10.6 Å². The number of halogens is 1. The second-order valence-electron chi connectivity index (χ2n) is 5.41. The molecule has 2 heterocycles. The zero-order valence-corrected chi connectivity index (χ0v) is 12.3. The maximum absolute atomic E-state index is 11.8. The van der Waals surface area contributed by atoms with Gasteiger partial charge in [0.25, 0.3) is 0 Å². The molecule has 6 heteroatoms. The third kappa shape index (κ3) is 3.90. The third-order valence-electron chi connectivity index (χ3n) is 3.76. The lowest BCUT2D eigenvalue weighted by Gasteiger charge is -2.10. The Morgan fingerprint density at radius 3 is 2.65 bits per heavy atom. The van der Waals surface area contributed by atoms with Gasteiger partial charge in [0.15, 0.2) is 0 Å². The first-order valence-electron chi connectivity index (χ1n) is 7.15. The highest BCUT2D eigenvalue weighted by atomic mass is 35.5. The van der Waals surface area contributed by atoms with E-state index in [0.717, 1.165) is 37.2 Å². The summed E-state index contributed by atoms with van der Waals surface area (Å²) < 4.78 is 0. The van der Waals surface area contributed by atoms with Gasteiger partial charge >= 0.3 is 0 Å². The molecule has 0 bridgehead atoms. The summed E-state index contributed by atoms with van der Waals surface area (Å²) in [7, 11) is 0. The molecule has 1 saturated carbocycles. The predicted octanol–water partition coefficient (Wildman–Crippen LogP) is 1.19. The molecule has 3 rings (SSSR count). The van der Waals surface area contributed by atoms with E-state index in [-0.39, 0.29) is 24.4 Å². The highest BCUT2D eigenvalue weighted by Crippen LogP contribution is 2.37. The maximum atomic E-state index is 11.8. The Labute approximate surface area is 125 Å². The fourth-order valence-corrected chi connectivity index (χ4v) is 2.41. The molecule has 110 valence electrons. The van der Waals surface area contributed by atoms with Crippen molar-refractivity contribution < 1.29 is 4.79 Å². The van der Waals surface area contributed by atoms with Crippen molar-refractivity contribution in [3.8, 4) is 0 Å². The van der Waals surface area contributed by atoms with Crippen LogP contribution in [0.5, 0.6) is 0 Å². The topological polar surface area (TPSA) is 66.9 Å². The number of rotatable bonds is 5. The molecule has 0 radical (unpaired) electrons. The molecule has 5 nitrogen and oxygen atoms in total. The molecule has 1 saturated heterocycles. The van der Waals surface area contributed by atoms with Gasteiger partial charge in [0.05, 0.1) is 6.04 Å². The Bertz CT molecular complexity index is 441. The van der Waals surface area contributed by atoms with E-state index in [4.69, 9.17) is 0 Å². The first-order chi connectivity index (χ1) is 9.33. The lowest BCUT2D eigenvalue weighted by molar-refractivity contribution is -0.122. The second-order valence-corrected chi connectivity index (χ2v) is 5.41.